The molecule has 0 aromatic heterocycles. The van der Waals surface area contributed by atoms with Gasteiger partial charge in [-0.05, 0) is 46.0 Å². The molecule has 0 aromatic rings. The smallest absolute Gasteiger partial charge is 0.410 e. The van der Waals surface area contributed by atoms with Crippen LogP contribution in [0.15, 0.2) is 0 Å². The van der Waals surface area contributed by atoms with Crippen molar-refractivity contribution in [1.82, 2.24) is 10.3 Å². The van der Waals surface area contributed by atoms with Crippen LogP contribution in [-0.4, -0.2) is 49.4 Å². The average Bonchev–Trinajstić information content (AvgIpc) is 2.82. The van der Waals surface area contributed by atoms with Gasteiger partial charge in [0.15, 0.2) is 0 Å². The lowest BCUT2D eigenvalue weighted by atomic mass is 9.95. The number of hydrogen-bond donors (Lipinski definition) is 2. The van der Waals surface area contributed by atoms with Crippen LogP contribution >= 0.6 is 0 Å². The van der Waals surface area contributed by atoms with Crippen LogP contribution < -0.4 is 11.3 Å². The second-order valence-corrected chi connectivity index (χ2v) is 6.38. The molecule has 1 amide bonds. The predicted octanol–water partition coefficient (Wildman–Crippen LogP) is 1.50. The molecule has 0 aliphatic carbocycles. The molecule has 6 heteroatoms. The Morgan fingerprint density at radius 1 is 1.50 bits per heavy atom. The van der Waals surface area contributed by atoms with E-state index in [4.69, 9.17) is 15.3 Å². The maximum Gasteiger partial charge on any atom is 0.410 e. The summed E-state index contributed by atoms with van der Waals surface area (Å²) in [6, 6.07) is 0.220. The van der Waals surface area contributed by atoms with Gasteiger partial charge in [-0.25, -0.2) is 4.79 Å². The third-order valence-electron chi connectivity index (χ3n) is 3.52. The van der Waals surface area contributed by atoms with Gasteiger partial charge in [-0.3, -0.25) is 11.3 Å². The number of methoxy groups -OCH3 is 1. The summed E-state index contributed by atoms with van der Waals surface area (Å²) in [6.07, 6.45) is 2.65. The van der Waals surface area contributed by atoms with Crippen LogP contribution in [0.4, 0.5) is 4.79 Å². The van der Waals surface area contributed by atoms with E-state index in [1.807, 2.05) is 20.8 Å². The van der Waals surface area contributed by atoms with E-state index >= 15 is 0 Å². The number of likely N-dealkylation sites (tertiary alicyclic amines) is 1. The summed E-state index contributed by atoms with van der Waals surface area (Å²) in [7, 11) is 1.70. The third kappa shape index (κ3) is 5.64. The quantitative estimate of drug-likeness (QED) is 0.440. The summed E-state index contributed by atoms with van der Waals surface area (Å²) in [6.45, 7) is 7.83. The Labute approximate surface area is 121 Å². The van der Waals surface area contributed by atoms with Crippen molar-refractivity contribution in [3.8, 4) is 0 Å². The van der Waals surface area contributed by atoms with Gasteiger partial charge in [0.25, 0.3) is 0 Å². The first kappa shape index (κ1) is 17.2. The number of hydrazine groups is 1. The van der Waals surface area contributed by atoms with E-state index in [1.165, 1.54) is 0 Å². The van der Waals surface area contributed by atoms with E-state index < -0.39 is 5.60 Å². The molecule has 0 saturated carbocycles. The van der Waals surface area contributed by atoms with Crippen LogP contribution in [0.25, 0.3) is 0 Å². The number of carbonyl (C=O) groups is 1. The molecule has 1 saturated heterocycles. The van der Waals surface area contributed by atoms with Crippen molar-refractivity contribution < 1.29 is 14.3 Å². The fourth-order valence-electron chi connectivity index (χ4n) is 2.51. The first-order chi connectivity index (χ1) is 9.37. The Balaban J connectivity index is 2.42. The zero-order chi connectivity index (χ0) is 15.2. The van der Waals surface area contributed by atoms with Crippen molar-refractivity contribution in [2.24, 2.45) is 11.8 Å². The van der Waals surface area contributed by atoms with Crippen LogP contribution in [0.1, 0.15) is 40.0 Å². The molecule has 1 heterocycles. The van der Waals surface area contributed by atoms with Crippen LogP contribution in [0, 0.1) is 5.92 Å². The highest BCUT2D eigenvalue weighted by molar-refractivity contribution is 5.68. The Bertz CT molecular complexity index is 305. The number of amides is 1. The summed E-state index contributed by atoms with van der Waals surface area (Å²) in [5, 5.41) is 0. The number of nitrogens with two attached hydrogens (primary N) is 1. The van der Waals surface area contributed by atoms with Gasteiger partial charge in [-0.2, -0.15) is 0 Å². The van der Waals surface area contributed by atoms with Gasteiger partial charge in [0.1, 0.15) is 5.60 Å². The summed E-state index contributed by atoms with van der Waals surface area (Å²) in [5.74, 6) is 6.01. The Morgan fingerprint density at radius 2 is 2.20 bits per heavy atom. The molecule has 1 fully saturated rings. The number of rotatable bonds is 6. The molecule has 0 spiro atoms. The minimum atomic E-state index is -0.445. The fourth-order valence-corrected chi connectivity index (χ4v) is 2.51. The van der Waals surface area contributed by atoms with Gasteiger partial charge in [0.05, 0.1) is 0 Å². The normalized spacial score (nSPS) is 21.1. The zero-order valence-corrected chi connectivity index (χ0v) is 13.1. The molecule has 0 radical (unpaired) electrons. The molecule has 1 aliphatic heterocycles. The van der Waals surface area contributed by atoms with E-state index in [1.54, 1.807) is 12.0 Å². The third-order valence-corrected chi connectivity index (χ3v) is 3.52. The maximum atomic E-state index is 12.0. The van der Waals surface area contributed by atoms with E-state index in [2.05, 4.69) is 5.43 Å². The van der Waals surface area contributed by atoms with E-state index in [0.29, 0.717) is 12.5 Å². The predicted molar refractivity (Wildman–Crippen MR) is 78.1 cm³/mol. The van der Waals surface area contributed by atoms with E-state index in [9.17, 15) is 4.79 Å². The molecule has 1 aliphatic rings. The van der Waals surface area contributed by atoms with Crippen LogP contribution in [0.3, 0.4) is 0 Å². The highest BCUT2D eigenvalue weighted by Gasteiger charge is 2.33. The Kier molecular flexibility index (Phi) is 6.71. The molecule has 6 nitrogen and oxygen atoms in total. The molecule has 0 bridgehead atoms. The summed E-state index contributed by atoms with van der Waals surface area (Å²) >= 11 is 0. The topological polar surface area (TPSA) is 76.8 Å². The first-order valence-corrected chi connectivity index (χ1v) is 7.30. The standard InChI is InChI=1S/C14H29N3O3/c1-14(2,3)20-13(18)17-8-7-11(10-17)12(16-15)6-5-9-19-4/h11-12,16H,5-10,15H2,1-4H3. The van der Waals surface area contributed by atoms with Crippen LogP contribution in [0.5, 0.6) is 0 Å². The van der Waals surface area contributed by atoms with Crippen molar-refractivity contribution >= 4 is 6.09 Å². The van der Waals surface area contributed by atoms with Gasteiger partial charge >= 0.3 is 6.09 Å². The summed E-state index contributed by atoms with van der Waals surface area (Å²) in [4.78, 5) is 13.8. The number of hydrogen-bond acceptors (Lipinski definition) is 5. The van der Waals surface area contributed by atoms with E-state index in [-0.39, 0.29) is 12.1 Å². The highest BCUT2D eigenvalue weighted by Crippen LogP contribution is 2.23. The fraction of sp³-hybridized carbons (Fsp3) is 0.929. The first-order valence-electron chi connectivity index (χ1n) is 7.30. The van der Waals surface area contributed by atoms with Gasteiger partial charge in [0, 0.05) is 32.8 Å². The maximum absolute atomic E-state index is 12.0. The molecule has 0 aromatic carbocycles. The monoisotopic (exact) mass is 287 g/mol. The van der Waals surface area contributed by atoms with Crippen LogP contribution in [-0.2, 0) is 9.47 Å². The molecular formula is C14H29N3O3. The Morgan fingerprint density at radius 3 is 2.75 bits per heavy atom. The van der Waals surface area contributed by atoms with Crippen molar-refractivity contribution in [3.05, 3.63) is 0 Å². The second kappa shape index (κ2) is 7.81. The largest absolute Gasteiger partial charge is 0.444 e. The van der Waals surface area contributed by atoms with Crippen molar-refractivity contribution in [2.75, 3.05) is 26.8 Å². The minimum absolute atomic E-state index is 0.220. The van der Waals surface area contributed by atoms with Gasteiger partial charge in [0.2, 0.25) is 0 Å². The summed E-state index contributed by atoms with van der Waals surface area (Å²) < 4.78 is 10.5. The number of carbonyl (C=O) groups excluding carboxylic acids is 1. The second-order valence-electron chi connectivity index (χ2n) is 6.38. The molecule has 20 heavy (non-hydrogen) atoms. The van der Waals surface area contributed by atoms with Crippen LogP contribution in [0.2, 0.25) is 0 Å². The number of nitrogens with zero attached hydrogens (tertiary/aromatic N) is 1. The molecule has 2 unspecified atom stereocenters. The minimum Gasteiger partial charge on any atom is -0.444 e. The Hall–Kier alpha value is -0.850. The van der Waals surface area contributed by atoms with Crippen molar-refractivity contribution in [2.45, 2.75) is 51.7 Å². The molecular weight excluding hydrogens is 258 g/mol. The molecule has 118 valence electrons. The highest BCUT2D eigenvalue weighted by atomic mass is 16.6. The number of nitrogens with one attached hydrogen (secondary N) is 1. The SMILES string of the molecule is COCCCC(NN)C1CCN(C(=O)OC(C)(C)C)C1. The van der Waals surface area contributed by atoms with Crippen molar-refractivity contribution in [3.63, 3.8) is 0 Å². The average molecular weight is 287 g/mol. The summed E-state index contributed by atoms with van der Waals surface area (Å²) in [5.41, 5.74) is 2.43. The molecule has 3 N–H and O–H groups in total. The van der Waals surface area contributed by atoms with Gasteiger partial charge < -0.3 is 14.4 Å². The van der Waals surface area contributed by atoms with Gasteiger partial charge in [-0.1, -0.05) is 0 Å². The zero-order valence-electron chi connectivity index (χ0n) is 13.1. The van der Waals surface area contributed by atoms with E-state index in [0.717, 1.165) is 32.4 Å². The lowest BCUT2D eigenvalue weighted by Crippen LogP contribution is -2.43. The van der Waals surface area contributed by atoms with Gasteiger partial charge in [-0.15, -0.1) is 0 Å². The lowest BCUT2D eigenvalue weighted by Gasteiger charge is -2.26. The molecule has 2 atom stereocenters. The number of ether oxygens (including phenoxy) is 2. The molecule has 1 rings (SSSR count). The van der Waals surface area contributed by atoms with Crippen molar-refractivity contribution in [1.29, 1.82) is 0 Å². The lowest BCUT2D eigenvalue weighted by molar-refractivity contribution is 0.0285.